The second-order valence-corrected chi connectivity index (χ2v) is 3.54. The second kappa shape index (κ2) is 4.44. The van der Waals surface area contributed by atoms with E-state index in [2.05, 4.69) is 4.74 Å². The summed E-state index contributed by atoms with van der Waals surface area (Å²) in [7, 11) is 0. The van der Waals surface area contributed by atoms with Gasteiger partial charge in [0.25, 0.3) is 5.56 Å². The number of aliphatic hydroxyl groups is 2. The normalized spacial score (nSPS) is 17.1. The summed E-state index contributed by atoms with van der Waals surface area (Å²) in [5.41, 5.74) is -2.03. The van der Waals surface area contributed by atoms with E-state index in [0.29, 0.717) is 6.20 Å². The number of hydrogen-bond donors (Lipinski definition) is 3. The number of nitrogens with one attached hydrogen (secondary N) is 1. The Labute approximate surface area is 103 Å². The third kappa shape index (κ3) is 2.25. The maximum atomic E-state index is 13.0. The average Bonchev–Trinajstić information content (AvgIpc) is 2.60. The number of esters is 1. The van der Waals surface area contributed by atoms with Gasteiger partial charge in [0.1, 0.15) is 0 Å². The zero-order valence-electron chi connectivity index (χ0n) is 9.21. The van der Waals surface area contributed by atoms with E-state index in [9.17, 15) is 23.9 Å². The first-order chi connectivity index (χ1) is 8.90. The van der Waals surface area contributed by atoms with Crippen LogP contribution in [0.3, 0.4) is 0 Å². The minimum Gasteiger partial charge on any atom is -0.502 e. The lowest BCUT2D eigenvalue weighted by Gasteiger charge is -2.02. The third-order valence-corrected chi connectivity index (χ3v) is 2.29. The molecule has 8 nitrogen and oxygen atoms in total. The summed E-state index contributed by atoms with van der Waals surface area (Å²) >= 11 is 0. The Hall–Kier alpha value is -2.84. The summed E-state index contributed by atoms with van der Waals surface area (Å²) in [5.74, 6) is -4.39. The van der Waals surface area contributed by atoms with Gasteiger partial charge >= 0.3 is 11.7 Å². The molecule has 2 heterocycles. The largest absolute Gasteiger partial charge is 0.502 e. The minimum absolute atomic E-state index is 0.285. The Morgan fingerprint density at radius 2 is 2.00 bits per heavy atom. The van der Waals surface area contributed by atoms with Crippen LogP contribution >= 0.6 is 0 Å². The fourth-order valence-corrected chi connectivity index (χ4v) is 1.35. The first kappa shape index (κ1) is 12.6. The van der Waals surface area contributed by atoms with Crippen LogP contribution < -0.4 is 11.2 Å². The highest BCUT2D eigenvalue weighted by atomic mass is 19.1. The molecule has 0 fully saturated rings. The Morgan fingerprint density at radius 3 is 2.58 bits per heavy atom. The maximum absolute atomic E-state index is 13.0. The Morgan fingerprint density at radius 1 is 1.32 bits per heavy atom. The van der Waals surface area contributed by atoms with Crippen molar-refractivity contribution in [2.24, 2.45) is 0 Å². The number of halogens is 1. The molecule has 0 atom stereocenters. The Kier molecular flexibility index (Phi) is 2.95. The lowest BCUT2D eigenvalue weighted by molar-refractivity contribution is -0.135. The van der Waals surface area contributed by atoms with E-state index in [1.807, 2.05) is 0 Å². The van der Waals surface area contributed by atoms with Crippen molar-refractivity contribution in [2.45, 2.75) is 6.54 Å². The topological polar surface area (TPSA) is 122 Å². The van der Waals surface area contributed by atoms with Crippen molar-refractivity contribution in [3.8, 4) is 0 Å². The molecule has 0 aliphatic carbocycles. The molecule has 0 saturated heterocycles. The van der Waals surface area contributed by atoms with Crippen LogP contribution in [-0.4, -0.2) is 25.7 Å². The number of hydrogen-bond acceptors (Lipinski definition) is 6. The van der Waals surface area contributed by atoms with Crippen molar-refractivity contribution in [3.05, 3.63) is 56.2 Å². The maximum Gasteiger partial charge on any atom is 0.383 e. The summed E-state index contributed by atoms with van der Waals surface area (Å²) in [6.45, 7) is -0.285. The monoisotopic (exact) mass is 270 g/mol. The predicted octanol–water partition coefficient (Wildman–Crippen LogP) is -0.556. The van der Waals surface area contributed by atoms with Crippen LogP contribution in [0.1, 0.15) is 0 Å². The van der Waals surface area contributed by atoms with E-state index in [1.54, 1.807) is 4.98 Å². The van der Waals surface area contributed by atoms with E-state index in [0.717, 1.165) is 10.6 Å². The molecule has 0 unspecified atom stereocenters. The van der Waals surface area contributed by atoms with Crippen molar-refractivity contribution in [3.63, 3.8) is 0 Å². The van der Waals surface area contributed by atoms with Crippen LogP contribution in [-0.2, 0) is 16.1 Å². The van der Waals surface area contributed by atoms with Gasteiger partial charge < -0.3 is 14.9 Å². The van der Waals surface area contributed by atoms with Crippen LogP contribution in [0.25, 0.3) is 0 Å². The molecule has 100 valence electrons. The van der Waals surface area contributed by atoms with Gasteiger partial charge in [0.2, 0.25) is 17.3 Å². The van der Waals surface area contributed by atoms with E-state index in [1.165, 1.54) is 0 Å². The molecule has 0 spiro atoms. The molecule has 0 amide bonds. The number of nitrogens with zero attached hydrogens (tertiary/aromatic N) is 1. The van der Waals surface area contributed by atoms with Crippen molar-refractivity contribution < 1.29 is 24.1 Å². The van der Waals surface area contributed by atoms with Gasteiger partial charge in [0.05, 0.1) is 6.20 Å². The highest BCUT2D eigenvalue weighted by Crippen LogP contribution is 2.21. The van der Waals surface area contributed by atoms with Crippen LogP contribution in [0, 0.1) is 5.82 Å². The van der Waals surface area contributed by atoms with E-state index in [-0.39, 0.29) is 12.3 Å². The molecule has 0 aromatic carbocycles. The Balaban J connectivity index is 2.30. The van der Waals surface area contributed by atoms with Crippen LogP contribution in [0.5, 0.6) is 0 Å². The van der Waals surface area contributed by atoms with E-state index in [4.69, 9.17) is 5.11 Å². The van der Waals surface area contributed by atoms with Gasteiger partial charge in [0, 0.05) is 6.54 Å². The zero-order chi connectivity index (χ0) is 14.2. The minimum atomic E-state index is -1.16. The van der Waals surface area contributed by atoms with Gasteiger partial charge in [-0.1, -0.05) is 0 Å². The number of rotatable bonds is 2. The molecule has 1 aliphatic rings. The SMILES string of the molecule is O=C1O/C(=C\Cn2cc(F)c(=O)[nH]c2=O)C(O)=C1O. The average molecular weight is 270 g/mol. The van der Waals surface area contributed by atoms with Crippen LogP contribution in [0.15, 0.2) is 39.1 Å². The summed E-state index contributed by atoms with van der Waals surface area (Å²) in [5, 5.41) is 18.3. The molecule has 3 N–H and O–H groups in total. The Bertz CT molecular complexity index is 726. The predicted molar refractivity (Wildman–Crippen MR) is 57.7 cm³/mol. The van der Waals surface area contributed by atoms with Gasteiger partial charge in [-0.05, 0) is 6.08 Å². The number of aliphatic hydroxyl groups excluding tert-OH is 2. The number of carbonyl (C=O) groups excluding carboxylic acids is 1. The van der Waals surface area contributed by atoms with Gasteiger partial charge in [-0.2, -0.15) is 4.39 Å². The first-order valence-corrected chi connectivity index (χ1v) is 4.94. The molecule has 9 heteroatoms. The second-order valence-electron chi connectivity index (χ2n) is 3.54. The lowest BCUT2D eigenvalue weighted by Crippen LogP contribution is -2.31. The number of cyclic esters (lactones) is 1. The fraction of sp³-hybridized carbons (Fsp3) is 0.100. The van der Waals surface area contributed by atoms with Gasteiger partial charge in [-0.25, -0.2) is 9.59 Å². The molecule has 1 aliphatic heterocycles. The van der Waals surface area contributed by atoms with Crippen LogP contribution in [0.2, 0.25) is 0 Å². The number of carbonyl (C=O) groups is 1. The summed E-state index contributed by atoms with van der Waals surface area (Å²) < 4.78 is 18.2. The molecule has 0 saturated carbocycles. The van der Waals surface area contributed by atoms with Gasteiger partial charge in [-0.3, -0.25) is 14.3 Å². The highest BCUT2D eigenvalue weighted by molar-refractivity contribution is 5.91. The van der Waals surface area contributed by atoms with E-state index >= 15 is 0 Å². The first-order valence-electron chi connectivity index (χ1n) is 4.94. The zero-order valence-corrected chi connectivity index (χ0v) is 9.21. The standard InChI is InChI=1S/C10H7FN2O6/c11-4-3-13(10(18)12-8(4)16)2-1-5-6(14)7(15)9(17)19-5/h1,3,14-15H,2H2,(H,12,16,18)/b5-1-. The van der Waals surface area contributed by atoms with Crippen molar-refractivity contribution >= 4 is 5.97 Å². The van der Waals surface area contributed by atoms with Crippen molar-refractivity contribution in [1.29, 1.82) is 0 Å². The summed E-state index contributed by atoms with van der Waals surface area (Å²) in [6.07, 6.45) is 1.73. The molecule has 19 heavy (non-hydrogen) atoms. The van der Waals surface area contributed by atoms with Crippen LogP contribution in [0.4, 0.5) is 4.39 Å². The molecular weight excluding hydrogens is 263 g/mol. The molecule has 0 bridgehead atoms. The molecule has 0 radical (unpaired) electrons. The molecule has 2 rings (SSSR count). The molecule has 1 aromatic rings. The number of aromatic amines is 1. The smallest absolute Gasteiger partial charge is 0.383 e. The van der Waals surface area contributed by atoms with Crippen molar-refractivity contribution in [1.82, 2.24) is 9.55 Å². The highest BCUT2D eigenvalue weighted by Gasteiger charge is 2.29. The lowest BCUT2D eigenvalue weighted by atomic mass is 10.3. The summed E-state index contributed by atoms with van der Waals surface area (Å²) in [6, 6.07) is 0. The third-order valence-electron chi connectivity index (χ3n) is 2.29. The van der Waals surface area contributed by atoms with Gasteiger partial charge in [-0.15, -0.1) is 0 Å². The quantitative estimate of drug-likeness (QED) is 0.619. The number of allylic oxidation sites excluding steroid dienone is 1. The van der Waals surface area contributed by atoms with Crippen molar-refractivity contribution in [2.75, 3.05) is 0 Å². The number of ether oxygens (including phenoxy) is 1. The number of H-pyrrole nitrogens is 1. The fourth-order valence-electron chi connectivity index (χ4n) is 1.35. The molecule has 1 aromatic heterocycles. The molecular formula is C10H7FN2O6. The van der Waals surface area contributed by atoms with E-state index < -0.39 is 34.6 Å². The van der Waals surface area contributed by atoms with Gasteiger partial charge in [0.15, 0.2) is 5.76 Å². The summed E-state index contributed by atoms with van der Waals surface area (Å²) in [4.78, 5) is 34.7. The number of aromatic nitrogens is 2.